The first-order valence-electron chi connectivity index (χ1n) is 8.87. The molecule has 3 rings (SSSR count). The van der Waals surface area contributed by atoms with Crippen molar-refractivity contribution in [2.75, 3.05) is 43.3 Å². The standard InChI is InChI=1S/C21H25N5O/c1-26(2)18-9-7-17(8-10-18)25-21-14-20(23-15-24-21)22-12-11-16-5-4-6-19(13-16)27-3/h4-10,13-15H,11-12H2,1-3H3,(H2,22,23,24,25). The van der Waals surface area contributed by atoms with E-state index in [0.29, 0.717) is 0 Å². The highest BCUT2D eigenvalue weighted by atomic mass is 16.5. The third-order valence-electron chi connectivity index (χ3n) is 4.18. The van der Waals surface area contributed by atoms with Gasteiger partial charge >= 0.3 is 0 Å². The zero-order chi connectivity index (χ0) is 19.1. The van der Waals surface area contributed by atoms with Gasteiger partial charge in [-0.25, -0.2) is 9.97 Å². The van der Waals surface area contributed by atoms with E-state index in [1.807, 2.05) is 50.5 Å². The van der Waals surface area contributed by atoms with Crippen molar-refractivity contribution in [3.05, 3.63) is 66.5 Å². The molecule has 140 valence electrons. The monoisotopic (exact) mass is 363 g/mol. The van der Waals surface area contributed by atoms with E-state index in [2.05, 4.69) is 43.7 Å². The number of ether oxygens (including phenoxy) is 1. The van der Waals surface area contributed by atoms with Gasteiger partial charge in [0.05, 0.1) is 7.11 Å². The second kappa shape index (κ2) is 8.89. The number of rotatable bonds is 8. The summed E-state index contributed by atoms with van der Waals surface area (Å²) in [5, 5.41) is 6.65. The van der Waals surface area contributed by atoms with Gasteiger partial charge < -0.3 is 20.3 Å². The summed E-state index contributed by atoms with van der Waals surface area (Å²) < 4.78 is 5.26. The molecule has 0 radical (unpaired) electrons. The molecule has 2 N–H and O–H groups in total. The van der Waals surface area contributed by atoms with Gasteiger partial charge in [0.25, 0.3) is 0 Å². The minimum absolute atomic E-state index is 0.756. The van der Waals surface area contributed by atoms with Crippen molar-refractivity contribution in [1.82, 2.24) is 9.97 Å². The van der Waals surface area contributed by atoms with E-state index >= 15 is 0 Å². The summed E-state index contributed by atoms with van der Waals surface area (Å²) in [7, 11) is 5.73. The zero-order valence-corrected chi connectivity index (χ0v) is 15.9. The van der Waals surface area contributed by atoms with E-state index < -0.39 is 0 Å². The summed E-state index contributed by atoms with van der Waals surface area (Å²) in [4.78, 5) is 10.6. The van der Waals surface area contributed by atoms with Gasteiger partial charge in [0.1, 0.15) is 23.7 Å². The van der Waals surface area contributed by atoms with Crippen LogP contribution in [0, 0.1) is 0 Å². The Kier molecular flexibility index (Phi) is 6.10. The maximum atomic E-state index is 5.26. The van der Waals surface area contributed by atoms with Crippen molar-refractivity contribution in [3.63, 3.8) is 0 Å². The smallest absolute Gasteiger partial charge is 0.135 e. The lowest BCUT2D eigenvalue weighted by atomic mass is 10.1. The predicted octanol–water partition coefficient (Wildman–Crippen LogP) is 3.95. The molecule has 0 aliphatic carbocycles. The average molecular weight is 363 g/mol. The first-order valence-corrected chi connectivity index (χ1v) is 8.87. The van der Waals surface area contributed by atoms with Gasteiger partial charge in [0.2, 0.25) is 0 Å². The Morgan fingerprint density at radius 1 is 0.963 bits per heavy atom. The van der Waals surface area contributed by atoms with Crippen molar-refractivity contribution < 1.29 is 4.74 Å². The molecular formula is C21H25N5O. The minimum Gasteiger partial charge on any atom is -0.497 e. The van der Waals surface area contributed by atoms with E-state index in [0.717, 1.165) is 41.7 Å². The highest BCUT2D eigenvalue weighted by Gasteiger charge is 2.02. The number of hydrogen-bond donors (Lipinski definition) is 2. The van der Waals surface area contributed by atoms with Crippen LogP contribution in [0.2, 0.25) is 0 Å². The van der Waals surface area contributed by atoms with Crippen LogP contribution >= 0.6 is 0 Å². The third-order valence-corrected chi connectivity index (χ3v) is 4.18. The van der Waals surface area contributed by atoms with Crippen LogP contribution in [0.25, 0.3) is 0 Å². The van der Waals surface area contributed by atoms with Crippen LogP contribution < -0.4 is 20.3 Å². The van der Waals surface area contributed by atoms with Gasteiger partial charge in [-0.3, -0.25) is 0 Å². The summed E-state index contributed by atoms with van der Waals surface area (Å²) in [5.74, 6) is 2.42. The Bertz CT molecular complexity index is 864. The van der Waals surface area contributed by atoms with Crippen molar-refractivity contribution in [2.24, 2.45) is 0 Å². The molecule has 0 amide bonds. The largest absolute Gasteiger partial charge is 0.497 e. The van der Waals surface area contributed by atoms with E-state index in [1.54, 1.807) is 13.4 Å². The van der Waals surface area contributed by atoms with Gasteiger partial charge in [0, 0.05) is 38.1 Å². The fourth-order valence-electron chi connectivity index (χ4n) is 2.68. The lowest BCUT2D eigenvalue weighted by Crippen LogP contribution is -2.08. The Morgan fingerprint density at radius 2 is 1.74 bits per heavy atom. The number of hydrogen-bond acceptors (Lipinski definition) is 6. The highest BCUT2D eigenvalue weighted by molar-refractivity contribution is 5.62. The summed E-state index contributed by atoms with van der Waals surface area (Å²) in [6, 6.07) is 18.2. The van der Waals surface area contributed by atoms with Gasteiger partial charge in [0.15, 0.2) is 0 Å². The molecule has 6 heteroatoms. The summed E-state index contributed by atoms with van der Waals surface area (Å²) in [5.41, 5.74) is 3.36. The molecule has 0 fully saturated rings. The maximum Gasteiger partial charge on any atom is 0.135 e. The predicted molar refractivity (Wildman–Crippen MR) is 111 cm³/mol. The number of methoxy groups -OCH3 is 1. The molecule has 0 atom stereocenters. The van der Waals surface area contributed by atoms with Crippen LogP contribution in [0.4, 0.5) is 23.0 Å². The van der Waals surface area contributed by atoms with Crippen LogP contribution in [0.15, 0.2) is 60.9 Å². The molecule has 2 aromatic carbocycles. The Morgan fingerprint density at radius 3 is 2.48 bits per heavy atom. The SMILES string of the molecule is COc1cccc(CCNc2cc(Nc3ccc(N(C)C)cc3)ncn2)c1. The number of anilines is 4. The molecule has 1 aromatic heterocycles. The minimum atomic E-state index is 0.756. The number of nitrogens with zero attached hydrogens (tertiary/aromatic N) is 3. The van der Waals surface area contributed by atoms with Gasteiger partial charge in [-0.15, -0.1) is 0 Å². The van der Waals surface area contributed by atoms with Crippen LogP contribution in [0.1, 0.15) is 5.56 Å². The van der Waals surface area contributed by atoms with Crippen LogP contribution in [0.3, 0.4) is 0 Å². The van der Waals surface area contributed by atoms with Crippen molar-refractivity contribution in [3.8, 4) is 5.75 Å². The zero-order valence-electron chi connectivity index (χ0n) is 15.9. The number of benzene rings is 2. The molecule has 0 saturated carbocycles. The normalized spacial score (nSPS) is 10.3. The van der Waals surface area contributed by atoms with Crippen molar-refractivity contribution >= 4 is 23.0 Å². The molecule has 3 aromatic rings. The lowest BCUT2D eigenvalue weighted by molar-refractivity contribution is 0.414. The topological polar surface area (TPSA) is 62.3 Å². The Labute approximate surface area is 160 Å². The molecule has 0 spiro atoms. The second-order valence-electron chi connectivity index (χ2n) is 6.38. The molecular weight excluding hydrogens is 338 g/mol. The third kappa shape index (κ3) is 5.34. The van der Waals surface area contributed by atoms with E-state index in [4.69, 9.17) is 4.74 Å². The van der Waals surface area contributed by atoms with Gasteiger partial charge in [-0.2, -0.15) is 0 Å². The highest BCUT2D eigenvalue weighted by Crippen LogP contribution is 2.20. The number of aromatic nitrogens is 2. The van der Waals surface area contributed by atoms with Crippen LogP contribution in [-0.4, -0.2) is 37.7 Å². The van der Waals surface area contributed by atoms with Crippen LogP contribution in [0.5, 0.6) is 5.75 Å². The van der Waals surface area contributed by atoms with Crippen molar-refractivity contribution in [2.45, 2.75) is 6.42 Å². The summed E-state index contributed by atoms with van der Waals surface area (Å²) in [6.07, 6.45) is 2.44. The number of nitrogens with one attached hydrogen (secondary N) is 2. The molecule has 27 heavy (non-hydrogen) atoms. The summed E-state index contributed by atoms with van der Waals surface area (Å²) in [6.45, 7) is 0.779. The molecule has 0 bridgehead atoms. The van der Waals surface area contributed by atoms with E-state index in [9.17, 15) is 0 Å². The van der Waals surface area contributed by atoms with Crippen molar-refractivity contribution in [1.29, 1.82) is 0 Å². The quantitative estimate of drug-likeness (QED) is 0.632. The lowest BCUT2D eigenvalue weighted by Gasteiger charge is -2.13. The molecule has 0 aliphatic heterocycles. The maximum absolute atomic E-state index is 5.26. The van der Waals surface area contributed by atoms with Gasteiger partial charge in [-0.1, -0.05) is 12.1 Å². The molecule has 6 nitrogen and oxygen atoms in total. The van der Waals surface area contributed by atoms with Gasteiger partial charge in [-0.05, 0) is 48.4 Å². The molecule has 0 saturated heterocycles. The van der Waals surface area contributed by atoms with E-state index in [-0.39, 0.29) is 0 Å². The second-order valence-corrected chi connectivity index (χ2v) is 6.38. The molecule has 0 aliphatic rings. The Hall–Kier alpha value is -3.28. The van der Waals surface area contributed by atoms with E-state index in [1.165, 1.54) is 5.56 Å². The summed E-state index contributed by atoms with van der Waals surface area (Å²) >= 11 is 0. The Balaban J connectivity index is 1.56. The first kappa shape index (κ1) is 18.5. The first-order chi connectivity index (χ1) is 13.1. The van der Waals surface area contributed by atoms with Crippen LogP contribution in [-0.2, 0) is 6.42 Å². The fourth-order valence-corrected chi connectivity index (χ4v) is 2.68. The average Bonchev–Trinajstić information content (AvgIpc) is 2.69. The fraction of sp³-hybridized carbons (Fsp3) is 0.238. The molecule has 1 heterocycles. The molecule has 0 unspecified atom stereocenters.